The molecule has 1 aromatic rings. The van der Waals surface area contributed by atoms with E-state index in [9.17, 15) is 22.0 Å². The van der Waals surface area contributed by atoms with Gasteiger partial charge < -0.3 is 4.74 Å². The Morgan fingerprint density at radius 1 is 1.10 bits per heavy atom. The normalized spacial score (nSPS) is 17.2. The molecule has 1 aromatic carbocycles. The topological polar surface area (TPSA) is 45.0 Å². The fourth-order valence-electron chi connectivity index (χ4n) is 2.05. The Morgan fingerprint density at radius 2 is 1.57 bits per heavy atom. The predicted octanol–water partition coefficient (Wildman–Crippen LogP) is 2.65. The molecule has 2 rings (SSSR count). The Morgan fingerprint density at radius 3 is 1.95 bits per heavy atom. The van der Waals surface area contributed by atoms with Crippen LogP contribution in [0.1, 0.15) is 12.8 Å². The van der Waals surface area contributed by atoms with Crippen molar-refractivity contribution < 1.29 is 26.7 Å². The Labute approximate surface area is 117 Å². The molecule has 1 unspecified atom stereocenters. The van der Waals surface area contributed by atoms with Crippen molar-refractivity contribution in [1.82, 2.24) is 5.32 Å². The average Bonchev–Trinajstić information content (AvgIpc) is 3.32. The van der Waals surface area contributed by atoms with Crippen LogP contribution in [0.2, 0.25) is 0 Å². The molecule has 0 spiro atoms. The van der Waals surface area contributed by atoms with Crippen LogP contribution in [0.5, 0.6) is 5.75 Å². The van der Waals surface area contributed by atoms with Gasteiger partial charge in [0.2, 0.25) is 29.1 Å². The van der Waals surface area contributed by atoms with Gasteiger partial charge in [-0.15, -0.1) is 0 Å². The molecule has 0 saturated heterocycles. The van der Waals surface area contributed by atoms with E-state index in [0.717, 1.165) is 12.8 Å². The van der Waals surface area contributed by atoms with E-state index in [1.165, 1.54) is 7.05 Å². The van der Waals surface area contributed by atoms with Gasteiger partial charge in [-0.1, -0.05) is 0 Å². The van der Waals surface area contributed by atoms with Gasteiger partial charge in [0.05, 0.1) is 6.07 Å². The van der Waals surface area contributed by atoms with Gasteiger partial charge >= 0.3 is 0 Å². The van der Waals surface area contributed by atoms with Crippen molar-refractivity contribution in [3.8, 4) is 11.8 Å². The molecule has 1 aliphatic carbocycles. The molecule has 1 aliphatic rings. The Bertz CT molecular complexity index is 583. The molecule has 1 saturated carbocycles. The molecule has 0 amide bonds. The van der Waals surface area contributed by atoms with Crippen LogP contribution in [-0.2, 0) is 0 Å². The number of nitrogens with one attached hydrogen (secondary N) is 1. The summed E-state index contributed by atoms with van der Waals surface area (Å²) in [5, 5.41) is 11.9. The molecule has 0 radical (unpaired) electrons. The van der Waals surface area contributed by atoms with Crippen LogP contribution in [0.3, 0.4) is 0 Å². The third-order valence-electron chi connectivity index (χ3n) is 3.53. The molecule has 3 nitrogen and oxygen atoms in total. The van der Waals surface area contributed by atoms with Gasteiger partial charge in [-0.3, -0.25) is 5.32 Å². The number of benzene rings is 1. The van der Waals surface area contributed by atoms with Crippen LogP contribution in [0, 0.1) is 46.3 Å². The molecule has 0 aliphatic heterocycles. The number of nitrogens with zero attached hydrogens (tertiary/aromatic N) is 1. The van der Waals surface area contributed by atoms with Gasteiger partial charge in [-0.05, 0) is 25.8 Å². The molecule has 21 heavy (non-hydrogen) atoms. The first kappa shape index (κ1) is 15.5. The van der Waals surface area contributed by atoms with Crippen molar-refractivity contribution >= 4 is 0 Å². The van der Waals surface area contributed by atoms with Crippen LogP contribution in [-0.4, -0.2) is 19.2 Å². The van der Waals surface area contributed by atoms with Crippen molar-refractivity contribution in [3.63, 3.8) is 0 Å². The summed E-state index contributed by atoms with van der Waals surface area (Å²) in [6.07, 6.45) is 1.43. The number of rotatable bonds is 5. The number of hydrogen-bond acceptors (Lipinski definition) is 3. The number of nitriles is 1. The highest BCUT2D eigenvalue weighted by atomic mass is 19.2. The Hall–Kier alpha value is -1.88. The number of halogens is 5. The van der Waals surface area contributed by atoms with Crippen molar-refractivity contribution in [1.29, 1.82) is 5.26 Å². The second-order valence-corrected chi connectivity index (χ2v) is 4.80. The maximum Gasteiger partial charge on any atom is 0.206 e. The van der Waals surface area contributed by atoms with Gasteiger partial charge in [0.25, 0.3) is 0 Å². The standard InChI is InChI=1S/C13H11F5N2O/c1-20-13(4-19,6-2-3-6)5-21-12-10(17)8(15)7(14)9(16)11(12)18/h6,20H,2-3,5H2,1H3. The molecule has 8 heteroatoms. The van der Waals surface area contributed by atoms with E-state index in [1.807, 2.05) is 6.07 Å². The highest BCUT2D eigenvalue weighted by Gasteiger charge is 2.46. The highest BCUT2D eigenvalue weighted by Crippen LogP contribution is 2.40. The Balaban J connectivity index is 2.31. The lowest BCUT2D eigenvalue weighted by atomic mass is 9.96. The second kappa shape index (κ2) is 5.48. The fraction of sp³-hybridized carbons (Fsp3) is 0.462. The van der Waals surface area contributed by atoms with Crippen molar-refractivity contribution in [3.05, 3.63) is 29.1 Å². The molecule has 1 N–H and O–H groups in total. The molecule has 1 atom stereocenters. The number of likely N-dealkylation sites (N-methyl/N-ethyl adjacent to an activating group) is 1. The third kappa shape index (κ3) is 2.53. The van der Waals surface area contributed by atoms with Gasteiger partial charge in [-0.25, -0.2) is 13.2 Å². The lowest BCUT2D eigenvalue weighted by Crippen LogP contribution is -2.49. The lowest BCUT2D eigenvalue weighted by molar-refractivity contribution is 0.189. The van der Waals surface area contributed by atoms with Crippen LogP contribution < -0.4 is 10.1 Å². The van der Waals surface area contributed by atoms with E-state index in [1.54, 1.807) is 0 Å². The van der Waals surface area contributed by atoms with Crippen molar-refractivity contribution in [2.75, 3.05) is 13.7 Å². The first-order valence-corrected chi connectivity index (χ1v) is 6.12. The summed E-state index contributed by atoms with van der Waals surface area (Å²) in [4.78, 5) is 0. The van der Waals surface area contributed by atoms with Gasteiger partial charge in [0.15, 0.2) is 5.75 Å². The van der Waals surface area contributed by atoms with E-state index >= 15 is 0 Å². The summed E-state index contributed by atoms with van der Waals surface area (Å²) in [6.45, 7) is -0.525. The van der Waals surface area contributed by atoms with E-state index in [2.05, 4.69) is 5.32 Å². The summed E-state index contributed by atoms with van der Waals surface area (Å²) < 4.78 is 70.6. The summed E-state index contributed by atoms with van der Waals surface area (Å²) in [7, 11) is 1.46. The SMILES string of the molecule is CNC(C#N)(COc1c(F)c(F)c(F)c(F)c1F)C1CC1. The summed E-state index contributed by atoms with van der Waals surface area (Å²) in [6, 6.07) is 1.93. The van der Waals surface area contributed by atoms with E-state index in [-0.39, 0.29) is 5.92 Å². The maximum absolute atomic E-state index is 13.5. The number of ether oxygens (including phenoxy) is 1. The quantitative estimate of drug-likeness (QED) is 0.517. The fourth-order valence-corrected chi connectivity index (χ4v) is 2.05. The minimum atomic E-state index is -2.25. The molecular formula is C13H11F5N2O. The van der Waals surface area contributed by atoms with E-state index in [0.29, 0.717) is 0 Å². The van der Waals surface area contributed by atoms with Crippen LogP contribution in [0.25, 0.3) is 0 Å². The van der Waals surface area contributed by atoms with Gasteiger partial charge in [0.1, 0.15) is 12.1 Å². The Kier molecular flexibility index (Phi) is 4.05. The molecule has 0 bridgehead atoms. The van der Waals surface area contributed by atoms with Crippen molar-refractivity contribution in [2.24, 2.45) is 5.92 Å². The first-order chi connectivity index (χ1) is 9.88. The maximum atomic E-state index is 13.5. The summed E-state index contributed by atoms with van der Waals surface area (Å²) in [5.41, 5.74) is -1.22. The van der Waals surface area contributed by atoms with E-state index < -0.39 is 47.0 Å². The third-order valence-corrected chi connectivity index (χ3v) is 3.53. The second-order valence-electron chi connectivity index (χ2n) is 4.80. The predicted molar refractivity (Wildman–Crippen MR) is 61.9 cm³/mol. The van der Waals surface area contributed by atoms with Crippen LogP contribution in [0.4, 0.5) is 22.0 Å². The molecule has 114 valence electrons. The van der Waals surface area contributed by atoms with E-state index in [4.69, 9.17) is 10.00 Å². The van der Waals surface area contributed by atoms with Gasteiger partial charge in [-0.2, -0.15) is 14.0 Å². The molecular weight excluding hydrogens is 295 g/mol. The average molecular weight is 306 g/mol. The van der Waals surface area contributed by atoms with Crippen LogP contribution >= 0.6 is 0 Å². The molecule has 0 heterocycles. The monoisotopic (exact) mass is 306 g/mol. The zero-order valence-electron chi connectivity index (χ0n) is 10.9. The van der Waals surface area contributed by atoms with Crippen LogP contribution in [0.15, 0.2) is 0 Å². The number of hydrogen-bond donors (Lipinski definition) is 1. The lowest BCUT2D eigenvalue weighted by Gasteiger charge is -2.26. The minimum absolute atomic E-state index is 0.0891. The first-order valence-electron chi connectivity index (χ1n) is 6.12. The van der Waals surface area contributed by atoms with Gasteiger partial charge in [0, 0.05) is 0 Å². The highest BCUT2D eigenvalue weighted by molar-refractivity contribution is 5.30. The molecule has 1 fully saturated rings. The smallest absolute Gasteiger partial charge is 0.206 e. The zero-order valence-corrected chi connectivity index (χ0v) is 10.9. The zero-order chi connectivity index (χ0) is 15.8. The largest absolute Gasteiger partial charge is 0.484 e. The summed E-state index contributed by atoms with van der Waals surface area (Å²) >= 11 is 0. The minimum Gasteiger partial charge on any atom is -0.484 e. The summed E-state index contributed by atoms with van der Waals surface area (Å²) in [5.74, 6) is -12.0. The molecule has 0 aromatic heterocycles. The van der Waals surface area contributed by atoms with Crippen molar-refractivity contribution in [2.45, 2.75) is 18.4 Å².